The molecule has 0 unspecified atom stereocenters. The van der Waals surface area contributed by atoms with Gasteiger partial charge in [0.25, 0.3) is 0 Å². The Morgan fingerprint density at radius 3 is 1.11 bits per heavy atom. The summed E-state index contributed by atoms with van der Waals surface area (Å²) in [6, 6.07) is 45.5. The zero-order valence-corrected chi connectivity index (χ0v) is 16.5. The summed E-state index contributed by atoms with van der Waals surface area (Å²) in [4.78, 5) is 0. The molecule has 0 atom stereocenters. The maximum Gasteiger partial charge on any atom is 0.148 e. The maximum absolute atomic E-state index is 2.33. The Balaban J connectivity index is 1.89. The third kappa shape index (κ3) is 3.65. The van der Waals surface area contributed by atoms with E-state index < -0.39 is 8.07 Å². The molecule has 27 heavy (non-hydrogen) atoms. The molecule has 0 aromatic heterocycles. The van der Waals surface area contributed by atoms with Crippen molar-refractivity contribution in [2.75, 3.05) is 0 Å². The molecule has 1 heteroatoms. The fourth-order valence-corrected chi connectivity index (χ4v) is 8.89. The van der Waals surface area contributed by atoms with Crippen LogP contribution in [-0.4, -0.2) is 8.07 Å². The Bertz CT molecular complexity index is 851. The van der Waals surface area contributed by atoms with Crippen LogP contribution in [0.2, 0.25) is 6.04 Å². The van der Waals surface area contributed by atoms with Gasteiger partial charge in [0.2, 0.25) is 0 Å². The summed E-state index contributed by atoms with van der Waals surface area (Å²) >= 11 is 0. The van der Waals surface area contributed by atoms with E-state index in [0.717, 1.165) is 12.5 Å². The largest absolute Gasteiger partial charge is 0.148 e. The third-order valence-corrected chi connectivity index (χ3v) is 10.4. The smallest absolute Gasteiger partial charge is 0.0624 e. The number of hydrogen-bond acceptors (Lipinski definition) is 0. The second-order valence-corrected chi connectivity index (χ2v) is 11.0. The van der Waals surface area contributed by atoms with E-state index in [0.29, 0.717) is 0 Å². The van der Waals surface area contributed by atoms with Crippen LogP contribution >= 0.6 is 0 Å². The summed E-state index contributed by atoms with van der Waals surface area (Å²) in [7, 11) is -2.11. The van der Waals surface area contributed by atoms with Crippen LogP contribution in [0.5, 0.6) is 0 Å². The molecule has 132 valence electrons. The van der Waals surface area contributed by atoms with Gasteiger partial charge in [-0.3, -0.25) is 0 Å². The van der Waals surface area contributed by atoms with E-state index in [1.165, 1.54) is 21.1 Å². The molecule has 4 aromatic rings. The Morgan fingerprint density at radius 2 is 0.741 bits per heavy atom. The topological polar surface area (TPSA) is 0 Å². The molecule has 0 aliphatic rings. The standard InChI is InChI=1S/C26H24Si/c1-5-13-23(14-6-1)21-22-27(24-15-7-2-8-16-24,25-17-9-3-10-18-25)26-19-11-4-12-20-26/h1-20H,21-22H2. The molecule has 0 aliphatic carbocycles. The van der Waals surface area contributed by atoms with E-state index >= 15 is 0 Å². The van der Waals surface area contributed by atoms with Crippen molar-refractivity contribution in [2.24, 2.45) is 0 Å². The minimum atomic E-state index is -2.11. The van der Waals surface area contributed by atoms with Crippen LogP contribution in [0.1, 0.15) is 5.56 Å². The van der Waals surface area contributed by atoms with Crippen molar-refractivity contribution in [3.8, 4) is 0 Å². The maximum atomic E-state index is 2.33. The van der Waals surface area contributed by atoms with Gasteiger partial charge in [-0.2, -0.15) is 0 Å². The van der Waals surface area contributed by atoms with Crippen LogP contribution in [0.3, 0.4) is 0 Å². The van der Waals surface area contributed by atoms with E-state index in [1.54, 1.807) is 0 Å². The van der Waals surface area contributed by atoms with E-state index in [2.05, 4.69) is 121 Å². The molecule has 0 radical (unpaired) electrons. The monoisotopic (exact) mass is 364 g/mol. The van der Waals surface area contributed by atoms with Crippen molar-refractivity contribution in [3.05, 3.63) is 127 Å². The molecule has 4 aromatic carbocycles. The summed E-state index contributed by atoms with van der Waals surface area (Å²) in [6.07, 6.45) is 1.09. The highest BCUT2D eigenvalue weighted by atomic mass is 28.3. The molecule has 0 amide bonds. The number of rotatable bonds is 6. The summed E-state index contributed by atoms with van der Waals surface area (Å²) in [5.41, 5.74) is 1.41. The Kier molecular flexibility index (Phi) is 5.31. The Labute approximate surface area is 163 Å². The lowest BCUT2D eigenvalue weighted by Gasteiger charge is -2.34. The van der Waals surface area contributed by atoms with Gasteiger partial charge < -0.3 is 0 Å². The quantitative estimate of drug-likeness (QED) is 0.351. The van der Waals surface area contributed by atoms with Gasteiger partial charge in [0.15, 0.2) is 0 Å². The van der Waals surface area contributed by atoms with Crippen molar-refractivity contribution < 1.29 is 0 Å². The average molecular weight is 365 g/mol. The van der Waals surface area contributed by atoms with Crippen molar-refractivity contribution in [1.82, 2.24) is 0 Å². The van der Waals surface area contributed by atoms with Crippen LogP contribution in [-0.2, 0) is 6.42 Å². The van der Waals surface area contributed by atoms with Crippen molar-refractivity contribution in [3.63, 3.8) is 0 Å². The van der Waals surface area contributed by atoms with Crippen molar-refractivity contribution >= 4 is 23.6 Å². The van der Waals surface area contributed by atoms with Gasteiger partial charge in [0.1, 0.15) is 8.07 Å². The normalized spacial score (nSPS) is 11.3. The highest BCUT2D eigenvalue weighted by molar-refractivity contribution is 7.11. The molecular weight excluding hydrogens is 340 g/mol. The van der Waals surface area contributed by atoms with Gasteiger partial charge in [-0.05, 0) is 33.6 Å². The average Bonchev–Trinajstić information content (AvgIpc) is 2.77. The van der Waals surface area contributed by atoms with E-state index in [-0.39, 0.29) is 0 Å². The van der Waals surface area contributed by atoms with Crippen LogP contribution < -0.4 is 15.6 Å². The summed E-state index contributed by atoms with van der Waals surface area (Å²) in [6.45, 7) is 0. The second kappa shape index (κ2) is 8.19. The van der Waals surface area contributed by atoms with Crippen LogP contribution in [0.4, 0.5) is 0 Å². The summed E-state index contributed by atoms with van der Waals surface area (Å²) in [5, 5.41) is 4.45. The van der Waals surface area contributed by atoms with E-state index in [9.17, 15) is 0 Å². The first-order chi connectivity index (χ1) is 13.4. The zero-order chi connectivity index (χ0) is 18.4. The lowest BCUT2D eigenvalue weighted by atomic mass is 10.2. The van der Waals surface area contributed by atoms with Crippen LogP contribution in [0.25, 0.3) is 0 Å². The highest BCUT2D eigenvalue weighted by Crippen LogP contribution is 2.16. The first-order valence-electron chi connectivity index (χ1n) is 9.60. The lowest BCUT2D eigenvalue weighted by molar-refractivity contribution is 1.11. The predicted molar refractivity (Wildman–Crippen MR) is 119 cm³/mol. The number of aryl methyl sites for hydroxylation is 1. The molecule has 4 rings (SSSR count). The van der Waals surface area contributed by atoms with Gasteiger partial charge >= 0.3 is 0 Å². The fraction of sp³-hybridized carbons (Fsp3) is 0.0769. The first-order valence-corrected chi connectivity index (χ1v) is 11.8. The van der Waals surface area contributed by atoms with Crippen LogP contribution in [0, 0.1) is 0 Å². The number of hydrogen-bond donors (Lipinski definition) is 0. The molecular formula is C26H24Si. The predicted octanol–water partition coefficient (Wildman–Crippen LogP) is 4.40. The van der Waals surface area contributed by atoms with Gasteiger partial charge in [0, 0.05) is 0 Å². The van der Waals surface area contributed by atoms with E-state index in [1.807, 2.05) is 0 Å². The molecule has 0 spiro atoms. The van der Waals surface area contributed by atoms with Gasteiger partial charge in [0.05, 0.1) is 0 Å². The zero-order valence-electron chi connectivity index (χ0n) is 15.5. The Morgan fingerprint density at radius 1 is 0.407 bits per heavy atom. The molecule has 0 heterocycles. The summed E-state index contributed by atoms with van der Waals surface area (Å²) < 4.78 is 0. The third-order valence-electron chi connectivity index (χ3n) is 5.43. The fourth-order valence-electron chi connectivity index (χ4n) is 4.08. The SMILES string of the molecule is c1ccc(CC[Si](c2ccccc2)(c2ccccc2)c2ccccc2)cc1. The van der Waals surface area contributed by atoms with E-state index in [4.69, 9.17) is 0 Å². The number of benzene rings is 4. The molecule has 0 bridgehead atoms. The lowest BCUT2D eigenvalue weighted by Crippen LogP contribution is -2.67. The first kappa shape index (κ1) is 17.5. The van der Waals surface area contributed by atoms with Gasteiger partial charge in [-0.25, -0.2) is 0 Å². The van der Waals surface area contributed by atoms with Gasteiger partial charge in [-0.15, -0.1) is 0 Å². The van der Waals surface area contributed by atoms with Gasteiger partial charge in [-0.1, -0.05) is 121 Å². The minimum absolute atomic E-state index is 1.09. The molecule has 0 saturated carbocycles. The molecule has 0 N–H and O–H groups in total. The minimum Gasteiger partial charge on any atom is -0.0624 e. The van der Waals surface area contributed by atoms with Crippen molar-refractivity contribution in [1.29, 1.82) is 0 Å². The molecule has 0 nitrogen and oxygen atoms in total. The second-order valence-electron chi connectivity index (χ2n) is 6.99. The highest BCUT2D eigenvalue weighted by Gasteiger charge is 2.38. The van der Waals surface area contributed by atoms with Crippen LogP contribution in [0.15, 0.2) is 121 Å². The van der Waals surface area contributed by atoms with Crippen molar-refractivity contribution in [2.45, 2.75) is 12.5 Å². The Hall–Kier alpha value is -2.90. The molecule has 0 aliphatic heterocycles. The summed E-state index contributed by atoms with van der Waals surface area (Å²) in [5.74, 6) is 0. The molecule has 0 saturated heterocycles. The molecule has 0 fully saturated rings.